The van der Waals surface area contributed by atoms with Crippen LogP contribution in [0.1, 0.15) is 38.5 Å². The summed E-state index contributed by atoms with van der Waals surface area (Å²) in [6, 6.07) is 3.63. The molecule has 1 atom stereocenters. The molecular weight excluding hydrogens is 290 g/mol. The summed E-state index contributed by atoms with van der Waals surface area (Å²) in [5.74, 6) is 0.812. The number of furan rings is 1. The number of hydrogen-bond donors (Lipinski definition) is 1. The molecule has 21 heavy (non-hydrogen) atoms. The first-order valence-corrected chi connectivity index (χ1v) is 8.86. The third-order valence-electron chi connectivity index (χ3n) is 4.02. The van der Waals surface area contributed by atoms with E-state index < -0.39 is 10.2 Å². The number of rotatable bonds is 7. The SMILES string of the molecule is CC(C)N(C)S(=O)(=O)NC[C@H](c1ccco1)N1CCCC1. The van der Waals surface area contributed by atoms with Crippen molar-refractivity contribution in [3.8, 4) is 0 Å². The summed E-state index contributed by atoms with van der Waals surface area (Å²) < 4.78 is 34.0. The number of nitrogens with zero attached hydrogens (tertiary/aromatic N) is 2. The van der Waals surface area contributed by atoms with Gasteiger partial charge in [-0.2, -0.15) is 12.7 Å². The normalized spacial score (nSPS) is 18.7. The predicted octanol–water partition coefficient (Wildman–Crippen LogP) is 1.59. The topological polar surface area (TPSA) is 65.8 Å². The third kappa shape index (κ3) is 4.06. The van der Waals surface area contributed by atoms with Gasteiger partial charge in [0.15, 0.2) is 0 Å². The van der Waals surface area contributed by atoms with Crippen molar-refractivity contribution in [1.82, 2.24) is 13.9 Å². The van der Waals surface area contributed by atoms with Gasteiger partial charge in [-0.15, -0.1) is 0 Å². The molecule has 0 unspecified atom stereocenters. The van der Waals surface area contributed by atoms with Crippen molar-refractivity contribution in [3.63, 3.8) is 0 Å². The van der Waals surface area contributed by atoms with Crippen molar-refractivity contribution < 1.29 is 12.8 Å². The monoisotopic (exact) mass is 315 g/mol. The Morgan fingerprint density at radius 1 is 1.38 bits per heavy atom. The van der Waals surface area contributed by atoms with Crippen LogP contribution in [0.5, 0.6) is 0 Å². The van der Waals surface area contributed by atoms with Gasteiger partial charge in [0.05, 0.1) is 12.3 Å². The second-order valence-corrected chi connectivity index (χ2v) is 7.55. The van der Waals surface area contributed by atoms with Crippen LogP contribution in [0.4, 0.5) is 0 Å². The lowest BCUT2D eigenvalue weighted by molar-refractivity contribution is 0.215. The maximum Gasteiger partial charge on any atom is 0.279 e. The molecule has 0 bridgehead atoms. The van der Waals surface area contributed by atoms with E-state index in [1.54, 1.807) is 13.3 Å². The molecule has 0 amide bonds. The molecule has 0 aliphatic carbocycles. The van der Waals surface area contributed by atoms with Crippen molar-refractivity contribution in [2.24, 2.45) is 0 Å². The Bertz CT molecular complexity index is 522. The van der Waals surface area contributed by atoms with E-state index in [9.17, 15) is 8.42 Å². The molecule has 1 saturated heterocycles. The largest absolute Gasteiger partial charge is 0.468 e. The third-order valence-corrected chi connectivity index (χ3v) is 5.73. The van der Waals surface area contributed by atoms with Crippen LogP contribution in [-0.4, -0.2) is 50.3 Å². The molecule has 2 rings (SSSR count). The summed E-state index contributed by atoms with van der Waals surface area (Å²) in [5.41, 5.74) is 0. The Balaban J connectivity index is 2.06. The first-order chi connectivity index (χ1) is 9.92. The minimum atomic E-state index is -3.46. The molecule has 1 aromatic rings. The van der Waals surface area contributed by atoms with Crippen LogP contribution in [0.3, 0.4) is 0 Å². The Labute approximate surface area is 127 Å². The smallest absolute Gasteiger partial charge is 0.279 e. The highest BCUT2D eigenvalue weighted by atomic mass is 32.2. The predicted molar refractivity (Wildman–Crippen MR) is 82.1 cm³/mol. The van der Waals surface area contributed by atoms with E-state index in [4.69, 9.17) is 4.42 Å². The Hall–Kier alpha value is -0.890. The fourth-order valence-corrected chi connectivity index (χ4v) is 3.63. The van der Waals surface area contributed by atoms with Gasteiger partial charge in [-0.3, -0.25) is 4.90 Å². The number of nitrogens with one attached hydrogen (secondary N) is 1. The molecule has 1 aromatic heterocycles. The minimum Gasteiger partial charge on any atom is -0.468 e. The van der Waals surface area contributed by atoms with Crippen LogP contribution >= 0.6 is 0 Å². The van der Waals surface area contributed by atoms with Crippen molar-refractivity contribution in [2.75, 3.05) is 26.7 Å². The molecule has 1 aliphatic rings. The quantitative estimate of drug-likeness (QED) is 0.830. The summed E-state index contributed by atoms with van der Waals surface area (Å²) in [6.45, 7) is 5.99. The minimum absolute atomic E-state index is 0.0437. The summed E-state index contributed by atoms with van der Waals surface area (Å²) in [4.78, 5) is 2.27. The Morgan fingerprint density at radius 3 is 2.57 bits per heavy atom. The Kier molecular flexibility index (Phi) is 5.43. The van der Waals surface area contributed by atoms with E-state index in [1.165, 1.54) is 4.31 Å². The average Bonchev–Trinajstić information content (AvgIpc) is 3.10. The first-order valence-electron chi connectivity index (χ1n) is 7.42. The molecule has 7 heteroatoms. The highest BCUT2D eigenvalue weighted by Crippen LogP contribution is 2.25. The van der Waals surface area contributed by atoms with Crippen LogP contribution in [0.15, 0.2) is 22.8 Å². The van der Waals surface area contributed by atoms with Gasteiger partial charge in [-0.25, -0.2) is 4.72 Å². The number of likely N-dealkylation sites (tertiary alicyclic amines) is 1. The van der Waals surface area contributed by atoms with Crippen LogP contribution in [0.2, 0.25) is 0 Å². The molecule has 1 N–H and O–H groups in total. The molecule has 0 radical (unpaired) electrons. The molecule has 0 aromatic carbocycles. The van der Waals surface area contributed by atoms with Gasteiger partial charge < -0.3 is 4.42 Å². The summed E-state index contributed by atoms with van der Waals surface area (Å²) in [5, 5.41) is 0. The average molecular weight is 315 g/mol. The first kappa shape index (κ1) is 16.5. The van der Waals surface area contributed by atoms with E-state index in [0.29, 0.717) is 6.54 Å². The molecule has 2 heterocycles. The van der Waals surface area contributed by atoms with Crippen LogP contribution < -0.4 is 4.72 Å². The second kappa shape index (κ2) is 6.91. The van der Waals surface area contributed by atoms with Crippen molar-refractivity contribution >= 4 is 10.2 Å². The molecule has 6 nitrogen and oxygen atoms in total. The summed E-state index contributed by atoms with van der Waals surface area (Å²) >= 11 is 0. The summed E-state index contributed by atoms with van der Waals surface area (Å²) in [6.07, 6.45) is 3.93. The lowest BCUT2D eigenvalue weighted by Crippen LogP contribution is -2.45. The standard InChI is InChI=1S/C14H25N3O3S/c1-12(2)16(3)21(18,19)15-11-13(14-7-6-10-20-14)17-8-4-5-9-17/h6-7,10,12-13,15H,4-5,8-9,11H2,1-3H3/t13-/m1/s1. The van der Waals surface area contributed by atoms with Crippen molar-refractivity contribution in [1.29, 1.82) is 0 Å². The molecule has 1 aliphatic heterocycles. The molecule has 0 saturated carbocycles. The van der Waals surface area contributed by atoms with Gasteiger partial charge >= 0.3 is 0 Å². The van der Waals surface area contributed by atoms with Crippen LogP contribution in [-0.2, 0) is 10.2 Å². The van der Waals surface area contributed by atoms with Crippen molar-refractivity contribution in [3.05, 3.63) is 24.2 Å². The number of hydrogen-bond acceptors (Lipinski definition) is 4. The fraction of sp³-hybridized carbons (Fsp3) is 0.714. The van der Waals surface area contributed by atoms with Gasteiger partial charge in [0.2, 0.25) is 0 Å². The fourth-order valence-electron chi connectivity index (χ4n) is 2.51. The van der Waals surface area contributed by atoms with Gasteiger partial charge in [0.25, 0.3) is 10.2 Å². The van der Waals surface area contributed by atoms with E-state index in [-0.39, 0.29) is 12.1 Å². The van der Waals surface area contributed by atoms with Gasteiger partial charge in [-0.05, 0) is 51.9 Å². The zero-order valence-corrected chi connectivity index (χ0v) is 13.8. The summed E-state index contributed by atoms with van der Waals surface area (Å²) in [7, 11) is -1.87. The van der Waals surface area contributed by atoms with E-state index in [0.717, 1.165) is 31.7 Å². The maximum atomic E-state index is 12.2. The van der Waals surface area contributed by atoms with E-state index in [2.05, 4.69) is 9.62 Å². The van der Waals surface area contributed by atoms with Crippen LogP contribution in [0.25, 0.3) is 0 Å². The Morgan fingerprint density at radius 2 is 2.05 bits per heavy atom. The molecule has 120 valence electrons. The zero-order chi connectivity index (χ0) is 15.5. The molecular formula is C14H25N3O3S. The van der Waals surface area contributed by atoms with E-state index >= 15 is 0 Å². The van der Waals surface area contributed by atoms with Crippen LogP contribution in [0, 0.1) is 0 Å². The van der Waals surface area contributed by atoms with Gasteiger partial charge in [-0.1, -0.05) is 0 Å². The van der Waals surface area contributed by atoms with Crippen molar-refractivity contribution in [2.45, 2.75) is 38.8 Å². The van der Waals surface area contributed by atoms with Gasteiger partial charge in [0, 0.05) is 19.6 Å². The van der Waals surface area contributed by atoms with E-state index in [1.807, 2.05) is 26.0 Å². The van der Waals surface area contributed by atoms with Gasteiger partial charge in [0.1, 0.15) is 5.76 Å². The molecule has 0 spiro atoms. The lowest BCUT2D eigenvalue weighted by Gasteiger charge is -2.28. The molecule has 1 fully saturated rings. The second-order valence-electron chi connectivity index (χ2n) is 5.74. The zero-order valence-electron chi connectivity index (χ0n) is 12.9. The highest BCUT2D eigenvalue weighted by molar-refractivity contribution is 7.87. The maximum absolute atomic E-state index is 12.2. The lowest BCUT2D eigenvalue weighted by atomic mass is 10.2. The highest BCUT2D eigenvalue weighted by Gasteiger charge is 2.28.